The van der Waals surface area contributed by atoms with Crippen molar-refractivity contribution < 1.29 is 9.53 Å². The number of hydrogen-bond acceptors (Lipinski definition) is 3. The zero-order valence-electron chi connectivity index (χ0n) is 11.8. The van der Waals surface area contributed by atoms with Crippen molar-refractivity contribution in [2.75, 3.05) is 26.2 Å². The van der Waals surface area contributed by atoms with Gasteiger partial charge in [0, 0.05) is 6.54 Å². The summed E-state index contributed by atoms with van der Waals surface area (Å²) in [5, 5.41) is 2.92. The van der Waals surface area contributed by atoms with Crippen molar-refractivity contribution in [1.29, 1.82) is 0 Å². The monoisotopic (exact) mass is 274 g/mol. The Hall–Kier alpha value is -1.55. The summed E-state index contributed by atoms with van der Waals surface area (Å²) >= 11 is 0. The topological polar surface area (TPSA) is 41.6 Å². The van der Waals surface area contributed by atoms with Gasteiger partial charge < -0.3 is 10.1 Å². The highest BCUT2D eigenvalue weighted by Gasteiger charge is 2.32. The van der Waals surface area contributed by atoms with Crippen LogP contribution in [0.25, 0.3) is 0 Å². The predicted molar refractivity (Wildman–Crippen MR) is 77.6 cm³/mol. The molecule has 4 heteroatoms. The lowest BCUT2D eigenvalue weighted by molar-refractivity contribution is -0.124. The van der Waals surface area contributed by atoms with Gasteiger partial charge in [0.1, 0.15) is 5.75 Å². The van der Waals surface area contributed by atoms with E-state index in [1.54, 1.807) is 0 Å². The van der Waals surface area contributed by atoms with Gasteiger partial charge in [0.2, 0.25) is 5.91 Å². The molecule has 108 valence electrons. The van der Waals surface area contributed by atoms with Crippen molar-refractivity contribution in [3.8, 4) is 5.75 Å². The molecule has 1 atom stereocenters. The number of nitrogens with one attached hydrogen (secondary N) is 1. The fraction of sp³-hybridized carbons (Fsp3) is 0.562. The summed E-state index contributed by atoms with van der Waals surface area (Å²) in [4.78, 5) is 14.0. The molecular weight excluding hydrogens is 252 g/mol. The standard InChI is InChI=1S/C16H22N2O2/c19-16-15(6-9-17-16)18-10-7-13(8-11-18)12-20-14-4-2-1-3-5-14/h1-5,13,15H,6-12H2,(H,17,19)/t15-/m0/s1. The maximum absolute atomic E-state index is 11.7. The number of para-hydroxylation sites is 1. The van der Waals surface area contributed by atoms with E-state index >= 15 is 0 Å². The van der Waals surface area contributed by atoms with E-state index in [0.29, 0.717) is 5.92 Å². The summed E-state index contributed by atoms with van der Waals surface area (Å²) in [5.41, 5.74) is 0. The number of hydrogen-bond donors (Lipinski definition) is 1. The summed E-state index contributed by atoms with van der Waals surface area (Å²) in [6.45, 7) is 3.65. The number of carbonyl (C=O) groups excluding carboxylic acids is 1. The molecule has 1 aromatic carbocycles. The smallest absolute Gasteiger partial charge is 0.237 e. The van der Waals surface area contributed by atoms with Crippen LogP contribution in [0.5, 0.6) is 5.75 Å². The lowest BCUT2D eigenvalue weighted by atomic mass is 9.96. The molecule has 0 saturated carbocycles. The van der Waals surface area contributed by atoms with Crippen molar-refractivity contribution >= 4 is 5.91 Å². The third kappa shape index (κ3) is 3.12. The van der Waals surface area contributed by atoms with Crippen LogP contribution in [-0.4, -0.2) is 43.1 Å². The first-order chi connectivity index (χ1) is 9.83. The van der Waals surface area contributed by atoms with Crippen LogP contribution in [0.1, 0.15) is 19.3 Å². The van der Waals surface area contributed by atoms with Gasteiger partial charge in [0.25, 0.3) is 0 Å². The minimum Gasteiger partial charge on any atom is -0.493 e. The third-order valence-electron chi connectivity index (χ3n) is 4.34. The second-order valence-corrected chi connectivity index (χ2v) is 5.70. The van der Waals surface area contributed by atoms with Gasteiger partial charge in [-0.2, -0.15) is 0 Å². The van der Waals surface area contributed by atoms with Crippen LogP contribution in [0.4, 0.5) is 0 Å². The minimum absolute atomic E-state index is 0.117. The Labute approximate surface area is 120 Å². The molecule has 2 heterocycles. The fourth-order valence-corrected chi connectivity index (χ4v) is 3.09. The van der Waals surface area contributed by atoms with Gasteiger partial charge >= 0.3 is 0 Å². The lowest BCUT2D eigenvalue weighted by Gasteiger charge is -2.34. The largest absolute Gasteiger partial charge is 0.493 e. The fourth-order valence-electron chi connectivity index (χ4n) is 3.09. The molecule has 2 aliphatic heterocycles. The number of amides is 1. The van der Waals surface area contributed by atoms with E-state index in [2.05, 4.69) is 10.2 Å². The number of piperidine rings is 1. The van der Waals surface area contributed by atoms with Crippen molar-refractivity contribution in [1.82, 2.24) is 10.2 Å². The highest BCUT2D eigenvalue weighted by atomic mass is 16.5. The van der Waals surface area contributed by atoms with E-state index in [4.69, 9.17) is 4.74 Å². The SMILES string of the molecule is O=C1NCC[C@@H]1N1CCC(COc2ccccc2)CC1. The molecule has 1 amide bonds. The molecule has 0 bridgehead atoms. The van der Waals surface area contributed by atoms with Crippen molar-refractivity contribution in [2.24, 2.45) is 5.92 Å². The Bertz CT molecular complexity index is 441. The van der Waals surface area contributed by atoms with Crippen LogP contribution in [-0.2, 0) is 4.79 Å². The Balaban J connectivity index is 1.43. The number of nitrogens with zero attached hydrogens (tertiary/aromatic N) is 1. The van der Waals surface area contributed by atoms with E-state index in [-0.39, 0.29) is 11.9 Å². The molecule has 20 heavy (non-hydrogen) atoms. The Morgan fingerprint density at radius 2 is 1.90 bits per heavy atom. The van der Waals surface area contributed by atoms with Crippen molar-refractivity contribution in [3.63, 3.8) is 0 Å². The normalized spacial score (nSPS) is 24.6. The zero-order valence-corrected chi connectivity index (χ0v) is 11.8. The van der Waals surface area contributed by atoms with Crippen LogP contribution in [0.2, 0.25) is 0 Å². The lowest BCUT2D eigenvalue weighted by Crippen LogP contribution is -2.45. The van der Waals surface area contributed by atoms with E-state index < -0.39 is 0 Å². The van der Waals surface area contributed by atoms with Gasteiger partial charge in [-0.15, -0.1) is 0 Å². The van der Waals surface area contributed by atoms with Crippen LogP contribution in [0.15, 0.2) is 30.3 Å². The number of likely N-dealkylation sites (tertiary alicyclic amines) is 1. The molecule has 0 aliphatic carbocycles. The summed E-state index contributed by atoms with van der Waals surface area (Å²) in [5.74, 6) is 1.77. The number of carbonyl (C=O) groups is 1. The number of ether oxygens (including phenoxy) is 1. The van der Waals surface area contributed by atoms with Crippen LogP contribution in [0.3, 0.4) is 0 Å². The first-order valence-corrected chi connectivity index (χ1v) is 7.52. The van der Waals surface area contributed by atoms with Gasteiger partial charge in [0.15, 0.2) is 0 Å². The van der Waals surface area contributed by atoms with E-state index in [1.165, 1.54) is 0 Å². The molecule has 1 aromatic rings. The molecule has 4 nitrogen and oxygen atoms in total. The molecule has 0 radical (unpaired) electrons. The van der Waals surface area contributed by atoms with E-state index in [9.17, 15) is 4.79 Å². The second kappa shape index (κ2) is 6.27. The Kier molecular flexibility index (Phi) is 4.21. The molecule has 0 spiro atoms. The zero-order chi connectivity index (χ0) is 13.8. The summed E-state index contributed by atoms with van der Waals surface area (Å²) < 4.78 is 5.83. The average molecular weight is 274 g/mol. The quantitative estimate of drug-likeness (QED) is 0.908. The molecule has 2 saturated heterocycles. The van der Waals surface area contributed by atoms with Crippen LogP contribution in [0, 0.1) is 5.92 Å². The maximum Gasteiger partial charge on any atom is 0.237 e. The van der Waals surface area contributed by atoms with E-state index in [1.807, 2.05) is 30.3 Å². The highest BCUT2D eigenvalue weighted by Crippen LogP contribution is 2.22. The first-order valence-electron chi connectivity index (χ1n) is 7.52. The van der Waals surface area contributed by atoms with Crippen molar-refractivity contribution in [2.45, 2.75) is 25.3 Å². The third-order valence-corrected chi connectivity index (χ3v) is 4.34. The Morgan fingerprint density at radius 1 is 1.15 bits per heavy atom. The Morgan fingerprint density at radius 3 is 2.55 bits per heavy atom. The molecular formula is C16H22N2O2. The number of rotatable bonds is 4. The van der Waals surface area contributed by atoms with Crippen LogP contribution < -0.4 is 10.1 Å². The predicted octanol–water partition coefficient (Wildman–Crippen LogP) is 1.67. The summed E-state index contributed by atoms with van der Waals surface area (Å²) in [7, 11) is 0. The highest BCUT2D eigenvalue weighted by molar-refractivity contribution is 5.83. The summed E-state index contributed by atoms with van der Waals surface area (Å²) in [6.07, 6.45) is 3.21. The van der Waals surface area contributed by atoms with Gasteiger partial charge in [-0.25, -0.2) is 0 Å². The molecule has 2 fully saturated rings. The van der Waals surface area contributed by atoms with Crippen LogP contribution >= 0.6 is 0 Å². The van der Waals surface area contributed by atoms with Gasteiger partial charge in [-0.1, -0.05) is 18.2 Å². The van der Waals surface area contributed by atoms with Gasteiger partial charge in [-0.05, 0) is 50.4 Å². The molecule has 0 aromatic heterocycles. The molecule has 3 rings (SSSR count). The first kappa shape index (κ1) is 13.4. The minimum atomic E-state index is 0.117. The van der Waals surface area contributed by atoms with Gasteiger partial charge in [0.05, 0.1) is 12.6 Å². The molecule has 2 aliphatic rings. The van der Waals surface area contributed by atoms with Gasteiger partial charge in [-0.3, -0.25) is 9.69 Å². The van der Waals surface area contributed by atoms with E-state index in [0.717, 1.165) is 51.3 Å². The number of benzene rings is 1. The molecule has 1 N–H and O–H groups in total. The average Bonchev–Trinajstić information content (AvgIpc) is 2.93. The second-order valence-electron chi connectivity index (χ2n) is 5.70. The molecule has 0 unspecified atom stereocenters. The summed E-state index contributed by atoms with van der Waals surface area (Å²) in [6, 6.07) is 10.1. The van der Waals surface area contributed by atoms with Crippen molar-refractivity contribution in [3.05, 3.63) is 30.3 Å². The maximum atomic E-state index is 11.7.